The first-order chi connectivity index (χ1) is 13.0. The van der Waals surface area contributed by atoms with Crippen molar-refractivity contribution < 1.29 is 13.9 Å². The molecular weight excluding hydrogens is 375 g/mol. The van der Waals surface area contributed by atoms with Crippen LogP contribution in [0.4, 0.5) is 4.39 Å². The molecule has 1 heterocycles. The third-order valence-electron chi connectivity index (χ3n) is 5.56. The Kier molecular flexibility index (Phi) is 5.28. The minimum absolute atomic E-state index is 0.0484. The van der Waals surface area contributed by atoms with Gasteiger partial charge in [0.15, 0.2) is 5.78 Å². The minimum atomic E-state index is -0.926. The molecule has 0 aromatic heterocycles. The maximum Gasteiger partial charge on any atom is 0.194 e. The van der Waals surface area contributed by atoms with Crippen molar-refractivity contribution in [1.29, 1.82) is 0 Å². The molecule has 0 spiro atoms. The van der Waals surface area contributed by atoms with E-state index in [4.69, 9.17) is 16.3 Å². The first-order valence-corrected chi connectivity index (χ1v) is 9.91. The Morgan fingerprint density at radius 2 is 1.68 bits per heavy atom. The summed E-state index contributed by atoms with van der Waals surface area (Å²) >= 11 is 5.90. The fourth-order valence-electron chi connectivity index (χ4n) is 3.87. The van der Waals surface area contributed by atoms with Crippen LogP contribution in [0.25, 0.3) is 16.7 Å². The Balaban J connectivity index is 2.27. The molecule has 0 unspecified atom stereocenters. The van der Waals surface area contributed by atoms with Crippen molar-refractivity contribution in [3.8, 4) is 11.1 Å². The number of hydrogen-bond donors (Lipinski definition) is 0. The number of ether oxygens (including phenoxy) is 1. The summed E-state index contributed by atoms with van der Waals surface area (Å²) in [6, 6.07) is 10.4. The molecule has 0 amide bonds. The number of hydrogen-bond acceptors (Lipinski definition) is 2. The first-order valence-electron chi connectivity index (χ1n) is 9.53. The number of aryl methyl sites for hydroxylation is 1. The van der Waals surface area contributed by atoms with E-state index in [1.165, 1.54) is 6.07 Å². The molecule has 3 rings (SSSR count). The molecule has 0 bridgehead atoms. The third-order valence-corrected chi connectivity index (χ3v) is 5.80. The molecule has 2 aromatic rings. The van der Waals surface area contributed by atoms with Gasteiger partial charge < -0.3 is 4.74 Å². The van der Waals surface area contributed by atoms with E-state index in [1.54, 1.807) is 26.0 Å². The molecule has 0 saturated heterocycles. The van der Waals surface area contributed by atoms with E-state index in [2.05, 4.69) is 6.92 Å². The van der Waals surface area contributed by atoms with E-state index in [-0.39, 0.29) is 11.6 Å². The molecule has 1 aliphatic rings. The number of carbonyl (C=O) groups is 1. The van der Waals surface area contributed by atoms with Crippen LogP contribution in [0.2, 0.25) is 5.02 Å². The standard InChI is InChI=1S/C24H26ClFO2/c1-7-15-8-9-16(18-11-10-17(25)13-20(18)26)12-19(15)21-14(2)23(3,4)28-24(5,6)22(21)27/h8-13H,7H2,1-6H3. The molecule has 0 fully saturated rings. The van der Waals surface area contributed by atoms with Gasteiger partial charge in [0, 0.05) is 16.2 Å². The van der Waals surface area contributed by atoms with E-state index in [0.717, 1.165) is 28.7 Å². The van der Waals surface area contributed by atoms with Crippen LogP contribution in [-0.2, 0) is 16.0 Å². The Labute approximate surface area is 171 Å². The number of benzene rings is 2. The summed E-state index contributed by atoms with van der Waals surface area (Å²) in [5.74, 6) is -0.430. The van der Waals surface area contributed by atoms with Crippen molar-refractivity contribution in [2.24, 2.45) is 0 Å². The van der Waals surface area contributed by atoms with Crippen LogP contribution in [0, 0.1) is 5.82 Å². The second kappa shape index (κ2) is 7.13. The van der Waals surface area contributed by atoms with Crippen molar-refractivity contribution in [1.82, 2.24) is 0 Å². The zero-order valence-electron chi connectivity index (χ0n) is 17.2. The highest BCUT2D eigenvalue weighted by Gasteiger charge is 2.45. The lowest BCUT2D eigenvalue weighted by molar-refractivity contribution is -0.152. The van der Waals surface area contributed by atoms with Crippen LogP contribution in [0.3, 0.4) is 0 Å². The quantitative estimate of drug-likeness (QED) is 0.577. The summed E-state index contributed by atoms with van der Waals surface area (Å²) in [7, 11) is 0. The van der Waals surface area contributed by atoms with Crippen molar-refractivity contribution in [2.75, 3.05) is 0 Å². The summed E-state index contributed by atoms with van der Waals surface area (Å²) in [5, 5.41) is 0.355. The average molecular weight is 401 g/mol. The summed E-state index contributed by atoms with van der Waals surface area (Å²) in [6.07, 6.45) is 0.768. The Hall–Kier alpha value is -1.97. The largest absolute Gasteiger partial charge is 0.357 e. The van der Waals surface area contributed by atoms with Gasteiger partial charge in [0.1, 0.15) is 11.4 Å². The van der Waals surface area contributed by atoms with Gasteiger partial charge in [-0.15, -0.1) is 0 Å². The molecule has 0 atom stereocenters. The average Bonchev–Trinajstić information content (AvgIpc) is 2.60. The van der Waals surface area contributed by atoms with E-state index in [0.29, 0.717) is 16.2 Å². The van der Waals surface area contributed by atoms with Gasteiger partial charge in [-0.25, -0.2) is 4.39 Å². The van der Waals surface area contributed by atoms with Crippen molar-refractivity contribution in [2.45, 2.75) is 59.2 Å². The van der Waals surface area contributed by atoms with Gasteiger partial charge >= 0.3 is 0 Å². The monoisotopic (exact) mass is 400 g/mol. The molecule has 4 heteroatoms. The van der Waals surface area contributed by atoms with Crippen LogP contribution in [-0.4, -0.2) is 17.0 Å². The van der Waals surface area contributed by atoms with Crippen molar-refractivity contribution >= 4 is 23.0 Å². The molecule has 0 aliphatic carbocycles. The molecule has 1 aliphatic heterocycles. The fraction of sp³-hybridized carbons (Fsp3) is 0.375. The predicted molar refractivity (Wildman–Crippen MR) is 113 cm³/mol. The maximum absolute atomic E-state index is 14.5. The number of Topliss-reactive ketones (excluding diaryl/α,β-unsaturated/α-hetero) is 1. The van der Waals surface area contributed by atoms with E-state index in [9.17, 15) is 9.18 Å². The number of halogens is 2. The molecule has 0 N–H and O–H groups in total. The van der Waals surface area contributed by atoms with Crippen LogP contribution < -0.4 is 0 Å². The maximum atomic E-state index is 14.5. The fourth-order valence-corrected chi connectivity index (χ4v) is 4.02. The van der Waals surface area contributed by atoms with Crippen LogP contribution >= 0.6 is 11.6 Å². The van der Waals surface area contributed by atoms with Crippen molar-refractivity contribution in [3.63, 3.8) is 0 Å². The predicted octanol–water partition coefficient (Wildman–Crippen LogP) is 6.64. The molecular formula is C24H26ClFO2. The summed E-state index contributed by atoms with van der Waals surface area (Å²) in [6.45, 7) is 11.6. The van der Waals surface area contributed by atoms with Crippen LogP contribution in [0.1, 0.15) is 52.7 Å². The lowest BCUT2D eigenvalue weighted by atomic mass is 9.77. The van der Waals surface area contributed by atoms with Gasteiger partial charge in [-0.2, -0.15) is 0 Å². The van der Waals surface area contributed by atoms with E-state index in [1.807, 2.05) is 39.0 Å². The zero-order valence-corrected chi connectivity index (χ0v) is 18.0. The van der Waals surface area contributed by atoms with Crippen molar-refractivity contribution in [3.05, 3.63) is 63.9 Å². The van der Waals surface area contributed by atoms with E-state index < -0.39 is 11.2 Å². The second-order valence-electron chi connectivity index (χ2n) is 8.30. The van der Waals surface area contributed by atoms with Crippen LogP contribution in [0.15, 0.2) is 42.0 Å². The smallest absolute Gasteiger partial charge is 0.194 e. The number of rotatable bonds is 3. The third kappa shape index (κ3) is 3.54. The molecule has 0 radical (unpaired) electrons. The summed E-state index contributed by atoms with van der Waals surface area (Å²) in [5.41, 5.74) is 3.15. The Morgan fingerprint density at radius 3 is 2.29 bits per heavy atom. The molecule has 0 saturated carbocycles. The second-order valence-corrected chi connectivity index (χ2v) is 8.74. The molecule has 2 nitrogen and oxygen atoms in total. The highest BCUT2D eigenvalue weighted by molar-refractivity contribution is 6.30. The highest BCUT2D eigenvalue weighted by atomic mass is 35.5. The van der Waals surface area contributed by atoms with Gasteiger partial charge in [0.25, 0.3) is 0 Å². The highest BCUT2D eigenvalue weighted by Crippen LogP contribution is 2.42. The topological polar surface area (TPSA) is 26.3 Å². The van der Waals surface area contributed by atoms with Gasteiger partial charge in [-0.3, -0.25) is 4.79 Å². The van der Waals surface area contributed by atoms with Gasteiger partial charge in [-0.1, -0.05) is 30.7 Å². The Bertz CT molecular complexity index is 986. The summed E-state index contributed by atoms with van der Waals surface area (Å²) < 4.78 is 20.6. The van der Waals surface area contributed by atoms with Gasteiger partial charge in [0.05, 0.1) is 5.60 Å². The lowest BCUT2D eigenvalue weighted by Gasteiger charge is -2.42. The normalized spacial score (nSPS) is 18.5. The van der Waals surface area contributed by atoms with Crippen LogP contribution in [0.5, 0.6) is 0 Å². The van der Waals surface area contributed by atoms with Gasteiger partial charge in [-0.05, 0) is 87.6 Å². The first kappa shape index (κ1) is 20.8. The summed E-state index contributed by atoms with van der Waals surface area (Å²) in [4.78, 5) is 13.3. The number of carbonyl (C=O) groups excluding carboxylic acids is 1. The Morgan fingerprint density at radius 1 is 1.00 bits per heavy atom. The SMILES string of the molecule is CCc1ccc(-c2ccc(Cl)cc2F)cc1C1=C(C)C(C)(C)OC(C)(C)C1=O. The minimum Gasteiger partial charge on any atom is -0.357 e. The molecule has 28 heavy (non-hydrogen) atoms. The van der Waals surface area contributed by atoms with Gasteiger partial charge in [0.2, 0.25) is 0 Å². The van der Waals surface area contributed by atoms with E-state index >= 15 is 0 Å². The number of ketones is 1. The molecule has 2 aromatic carbocycles. The molecule has 148 valence electrons. The lowest BCUT2D eigenvalue weighted by Crippen LogP contribution is -2.49. The zero-order chi connectivity index (χ0) is 20.9.